The van der Waals surface area contributed by atoms with Crippen LogP contribution in [0.15, 0.2) is 0 Å². The zero-order valence-electron chi connectivity index (χ0n) is 6.11. The summed E-state index contributed by atoms with van der Waals surface area (Å²) < 4.78 is 0. The second-order valence-electron chi connectivity index (χ2n) is 2.96. The predicted octanol–water partition coefficient (Wildman–Crippen LogP) is -0.346. The molecular formula is C6H12N2O2. The highest BCUT2D eigenvalue weighted by Crippen LogP contribution is 2.29. The number of hydrogen-bond donors (Lipinski definition) is 2. The number of nitrogens with zero attached hydrogens (tertiary/aromatic N) is 1. The van der Waals surface area contributed by atoms with Crippen LogP contribution in [0.5, 0.6) is 0 Å². The molecule has 0 radical (unpaired) electrons. The number of hydrogen-bond acceptors (Lipinski definition) is 3. The maximum atomic E-state index is 10.4. The Morgan fingerprint density at radius 2 is 2.20 bits per heavy atom. The molecule has 1 aliphatic heterocycles. The summed E-state index contributed by atoms with van der Waals surface area (Å²) in [5.74, 6) is 4.87. The summed E-state index contributed by atoms with van der Waals surface area (Å²) in [4.78, 5) is 10.4. The highest BCUT2D eigenvalue weighted by Gasteiger charge is 2.52. The van der Waals surface area contributed by atoms with Crippen molar-refractivity contribution in [1.82, 2.24) is 5.01 Å². The summed E-state index contributed by atoms with van der Waals surface area (Å²) in [5, 5.41) is 9.90. The summed E-state index contributed by atoms with van der Waals surface area (Å²) >= 11 is 0. The van der Waals surface area contributed by atoms with E-state index in [4.69, 9.17) is 10.9 Å². The summed E-state index contributed by atoms with van der Waals surface area (Å²) in [6, 6.07) is -0.405. The molecule has 1 aliphatic rings. The first kappa shape index (κ1) is 7.50. The third-order valence-electron chi connectivity index (χ3n) is 1.84. The van der Waals surface area contributed by atoms with Crippen molar-refractivity contribution in [2.75, 3.05) is 0 Å². The number of aliphatic carboxylic acids is 1. The number of carboxylic acids is 1. The highest BCUT2D eigenvalue weighted by atomic mass is 16.4. The van der Waals surface area contributed by atoms with E-state index in [-0.39, 0.29) is 6.04 Å². The maximum Gasteiger partial charge on any atom is 0.324 e. The Balaban J connectivity index is 2.49. The average Bonchev–Trinajstić information content (AvgIpc) is 2.40. The molecule has 4 nitrogen and oxygen atoms in total. The zero-order valence-corrected chi connectivity index (χ0v) is 6.11. The Hall–Kier alpha value is -0.610. The standard InChI is InChI=1S/C6H12N2O2/c1-3(2)4-5(6(9)10)8(4)7/h3-5H,7H2,1-2H3,(H,9,10)/t4-,5-,8?/m1/s1. The minimum atomic E-state index is -0.818. The third kappa shape index (κ3) is 0.998. The monoisotopic (exact) mass is 144 g/mol. The van der Waals surface area contributed by atoms with Gasteiger partial charge in [-0.1, -0.05) is 13.8 Å². The molecule has 0 aromatic rings. The van der Waals surface area contributed by atoms with Crippen LogP contribution >= 0.6 is 0 Å². The second kappa shape index (κ2) is 2.21. The van der Waals surface area contributed by atoms with Crippen LogP contribution in [0.3, 0.4) is 0 Å². The van der Waals surface area contributed by atoms with Gasteiger partial charge in [0.25, 0.3) is 0 Å². The van der Waals surface area contributed by atoms with E-state index < -0.39 is 12.0 Å². The molecule has 4 heteroatoms. The normalized spacial score (nSPS) is 38.2. The smallest absolute Gasteiger partial charge is 0.324 e. The van der Waals surface area contributed by atoms with E-state index in [0.29, 0.717) is 5.92 Å². The van der Waals surface area contributed by atoms with E-state index in [1.807, 2.05) is 13.8 Å². The molecule has 1 fully saturated rings. The lowest BCUT2D eigenvalue weighted by Crippen LogP contribution is -2.16. The van der Waals surface area contributed by atoms with Crippen LogP contribution in [0.4, 0.5) is 0 Å². The van der Waals surface area contributed by atoms with Crippen LogP contribution in [0.2, 0.25) is 0 Å². The molecule has 0 aromatic heterocycles. The first-order chi connectivity index (χ1) is 4.55. The Kier molecular flexibility index (Phi) is 1.66. The SMILES string of the molecule is CC(C)[C@@H]1[C@H](C(=O)O)N1N. The fourth-order valence-electron chi connectivity index (χ4n) is 1.25. The van der Waals surface area contributed by atoms with Gasteiger partial charge in [-0.3, -0.25) is 10.6 Å². The van der Waals surface area contributed by atoms with Crippen LogP contribution in [0.1, 0.15) is 13.8 Å². The lowest BCUT2D eigenvalue weighted by molar-refractivity contribution is -0.137. The summed E-state index contributed by atoms with van der Waals surface area (Å²) in [6.45, 7) is 3.93. The molecule has 0 amide bonds. The van der Waals surface area contributed by atoms with Crippen molar-refractivity contribution >= 4 is 5.97 Å². The molecule has 0 bridgehead atoms. The van der Waals surface area contributed by atoms with Gasteiger partial charge in [-0.15, -0.1) is 0 Å². The number of carboxylic acid groups (broad SMARTS) is 1. The molecule has 1 unspecified atom stereocenters. The summed E-state index contributed by atoms with van der Waals surface area (Å²) in [5.41, 5.74) is 0. The van der Waals surface area contributed by atoms with Crippen molar-refractivity contribution in [1.29, 1.82) is 0 Å². The fourth-order valence-corrected chi connectivity index (χ4v) is 1.25. The quantitative estimate of drug-likeness (QED) is 0.411. The topological polar surface area (TPSA) is 66.3 Å². The van der Waals surface area contributed by atoms with E-state index in [1.165, 1.54) is 5.01 Å². The van der Waals surface area contributed by atoms with Crippen molar-refractivity contribution in [2.24, 2.45) is 11.8 Å². The van der Waals surface area contributed by atoms with Gasteiger partial charge in [-0.25, -0.2) is 5.01 Å². The van der Waals surface area contributed by atoms with Crippen molar-refractivity contribution in [3.63, 3.8) is 0 Å². The van der Waals surface area contributed by atoms with Crippen LogP contribution in [0.25, 0.3) is 0 Å². The van der Waals surface area contributed by atoms with E-state index in [2.05, 4.69) is 0 Å². The lowest BCUT2D eigenvalue weighted by atomic mass is 10.1. The first-order valence-corrected chi connectivity index (χ1v) is 3.31. The predicted molar refractivity (Wildman–Crippen MR) is 36.1 cm³/mol. The number of rotatable bonds is 2. The van der Waals surface area contributed by atoms with E-state index >= 15 is 0 Å². The third-order valence-corrected chi connectivity index (χ3v) is 1.84. The van der Waals surface area contributed by atoms with Crippen LogP contribution in [0, 0.1) is 5.92 Å². The van der Waals surface area contributed by atoms with E-state index in [1.54, 1.807) is 0 Å². The molecule has 1 saturated heterocycles. The molecule has 3 N–H and O–H groups in total. The first-order valence-electron chi connectivity index (χ1n) is 3.31. The number of carbonyl (C=O) groups is 1. The van der Waals surface area contributed by atoms with Gasteiger partial charge in [-0.2, -0.15) is 0 Å². The van der Waals surface area contributed by atoms with Crippen LogP contribution < -0.4 is 5.84 Å². The summed E-state index contributed by atoms with van der Waals surface area (Å²) in [7, 11) is 0. The van der Waals surface area contributed by atoms with Gasteiger partial charge in [-0.05, 0) is 5.92 Å². The molecule has 1 heterocycles. The Labute approximate surface area is 59.6 Å². The second-order valence-corrected chi connectivity index (χ2v) is 2.96. The Bertz CT molecular complexity index is 158. The molecule has 3 atom stereocenters. The van der Waals surface area contributed by atoms with Gasteiger partial charge in [0.15, 0.2) is 0 Å². The molecule has 0 spiro atoms. The van der Waals surface area contributed by atoms with Gasteiger partial charge in [0.2, 0.25) is 0 Å². The van der Waals surface area contributed by atoms with Gasteiger partial charge < -0.3 is 5.11 Å². The lowest BCUT2D eigenvalue weighted by Gasteiger charge is -1.97. The van der Waals surface area contributed by atoms with Gasteiger partial charge >= 0.3 is 5.97 Å². The Morgan fingerprint density at radius 1 is 1.70 bits per heavy atom. The summed E-state index contributed by atoms with van der Waals surface area (Å²) in [6.07, 6.45) is 0. The van der Waals surface area contributed by atoms with Crippen LogP contribution in [-0.4, -0.2) is 28.2 Å². The van der Waals surface area contributed by atoms with Crippen molar-refractivity contribution in [3.8, 4) is 0 Å². The van der Waals surface area contributed by atoms with Gasteiger partial charge in [0.05, 0.1) is 6.04 Å². The molecule has 10 heavy (non-hydrogen) atoms. The molecule has 0 aromatic carbocycles. The molecule has 0 saturated carbocycles. The maximum absolute atomic E-state index is 10.4. The van der Waals surface area contributed by atoms with Crippen LogP contribution in [-0.2, 0) is 4.79 Å². The molecule has 1 rings (SSSR count). The van der Waals surface area contributed by atoms with Crippen molar-refractivity contribution < 1.29 is 9.90 Å². The fraction of sp³-hybridized carbons (Fsp3) is 0.833. The van der Waals surface area contributed by atoms with E-state index in [0.717, 1.165) is 0 Å². The molecule has 58 valence electrons. The molecular weight excluding hydrogens is 132 g/mol. The molecule has 0 aliphatic carbocycles. The minimum absolute atomic E-state index is 0.0394. The number of nitrogens with two attached hydrogens (primary N) is 1. The van der Waals surface area contributed by atoms with Gasteiger partial charge in [0, 0.05) is 0 Å². The van der Waals surface area contributed by atoms with Gasteiger partial charge in [0.1, 0.15) is 6.04 Å². The van der Waals surface area contributed by atoms with Crippen molar-refractivity contribution in [3.05, 3.63) is 0 Å². The highest BCUT2D eigenvalue weighted by molar-refractivity contribution is 5.78. The van der Waals surface area contributed by atoms with E-state index in [9.17, 15) is 4.79 Å². The van der Waals surface area contributed by atoms with Crippen molar-refractivity contribution in [2.45, 2.75) is 25.9 Å². The number of hydrazine groups is 1. The Morgan fingerprint density at radius 3 is 2.30 bits per heavy atom. The largest absolute Gasteiger partial charge is 0.480 e. The zero-order chi connectivity index (χ0) is 7.89. The average molecular weight is 144 g/mol. The minimum Gasteiger partial charge on any atom is -0.480 e.